The van der Waals surface area contributed by atoms with Crippen molar-refractivity contribution in [1.29, 1.82) is 0 Å². The monoisotopic (exact) mass is 141 g/mol. The highest BCUT2D eigenvalue weighted by Crippen LogP contribution is 2.16. The minimum absolute atomic E-state index is 0.0696. The number of hydrogen-bond acceptors (Lipinski definition) is 3. The number of rotatable bonds is 2. The van der Waals surface area contributed by atoms with Gasteiger partial charge in [0.15, 0.2) is 0 Å². The Labute approximate surface area is 60.1 Å². The van der Waals surface area contributed by atoms with Gasteiger partial charge in [-0.05, 0) is 12.8 Å². The van der Waals surface area contributed by atoms with E-state index < -0.39 is 0 Å². The van der Waals surface area contributed by atoms with Gasteiger partial charge in [0, 0.05) is 13.3 Å². The Morgan fingerprint density at radius 1 is 1.50 bits per heavy atom. The Balaban J connectivity index is 2.35. The Morgan fingerprint density at radius 3 is 2.70 bits per heavy atom. The standard InChI is InChI=1S/C7H11NO2/c1-8-4-6-2-3-7(5-9)10-6/h4-7H,2-3H2,1H3/b8-4-/t6-,7+/m1/s1. The summed E-state index contributed by atoms with van der Waals surface area (Å²) in [5.41, 5.74) is 0. The van der Waals surface area contributed by atoms with Crippen LogP contribution < -0.4 is 0 Å². The van der Waals surface area contributed by atoms with Gasteiger partial charge in [-0.25, -0.2) is 0 Å². The summed E-state index contributed by atoms with van der Waals surface area (Å²) in [7, 11) is 1.71. The Morgan fingerprint density at radius 2 is 2.20 bits per heavy atom. The molecule has 0 aromatic heterocycles. The van der Waals surface area contributed by atoms with Gasteiger partial charge < -0.3 is 9.53 Å². The van der Waals surface area contributed by atoms with Crippen molar-refractivity contribution in [2.45, 2.75) is 25.0 Å². The largest absolute Gasteiger partial charge is 0.362 e. The summed E-state index contributed by atoms with van der Waals surface area (Å²) in [5.74, 6) is 0. The van der Waals surface area contributed by atoms with Crippen LogP contribution in [0.2, 0.25) is 0 Å². The van der Waals surface area contributed by atoms with Gasteiger partial charge in [-0.3, -0.25) is 4.99 Å². The SMILES string of the molecule is C/N=C\[C@H]1CC[C@@H](C=O)O1. The molecule has 0 spiro atoms. The van der Waals surface area contributed by atoms with Crippen LogP contribution in [0.3, 0.4) is 0 Å². The smallest absolute Gasteiger partial charge is 0.148 e. The fourth-order valence-corrected chi connectivity index (χ4v) is 1.07. The van der Waals surface area contributed by atoms with Crippen LogP contribution in [0.1, 0.15) is 12.8 Å². The summed E-state index contributed by atoms with van der Waals surface area (Å²) in [6.07, 6.45) is 4.22. The molecule has 0 saturated carbocycles. The second-order valence-electron chi connectivity index (χ2n) is 2.33. The molecule has 1 aliphatic heterocycles. The molecule has 0 unspecified atom stereocenters. The van der Waals surface area contributed by atoms with Crippen molar-refractivity contribution in [3.05, 3.63) is 0 Å². The van der Waals surface area contributed by atoms with Crippen LogP contribution in [0.4, 0.5) is 0 Å². The zero-order valence-corrected chi connectivity index (χ0v) is 5.99. The number of carbonyl (C=O) groups excluding carboxylic acids is 1. The lowest BCUT2D eigenvalue weighted by Gasteiger charge is -2.02. The number of carbonyl (C=O) groups is 1. The molecule has 3 heteroatoms. The molecule has 1 aliphatic rings. The third-order valence-electron chi connectivity index (χ3n) is 1.55. The van der Waals surface area contributed by atoms with Crippen molar-refractivity contribution in [2.75, 3.05) is 7.05 Å². The predicted molar refractivity (Wildman–Crippen MR) is 38.4 cm³/mol. The zero-order valence-electron chi connectivity index (χ0n) is 5.99. The van der Waals surface area contributed by atoms with Crippen molar-refractivity contribution < 1.29 is 9.53 Å². The topological polar surface area (TPSA) is 38.7 Å². The second kappa shape index (κ2) is 3.46. The predicted octanol–water partition coefficient (Wildman–Crippen LogP) is 0.433. The molecule has 0 bridgehead atoms. The molecule has 1 heterocycles. The number of aldehydes is 1. The van der Waals surface area contributed by atoms with E-state index >= 15 is 0 Å². The highest BCUT2D eigenvalue weighted by molar-refractivity contribution is 5.65. The normalized spacial score (nSPS) is 33.3. The van der Waals surface area contributed by atoms with Crippen LogP contribution in [0, 0.1) is 0 Å². The summed E-state index contributed by atoms with van der Waals surface area (Å²) in [4.78, 5) is 14.0. The maximum atomic E-state index is 10.2. The van der Waals surface area contributed by atoms with Gasteiger partial charge >= 0.3 is 0 Å². The summed E-state index contributed by atoms with van der Waals surface area (Å²) in [6.45, 7) is 0. The van der Waals surface area contributed by atoms with Crippen molar-refractivity contribution in [3.63, 3.8) is 0 Å². The van der Waals surface area contributed by atoms with E-state index in [2.05, 4.69) is 4.99 Å². The van der Waals surface area contributed by atoms with Crippen molar-refractivity contribution in [1.82, 2.24) is 0 Å². The fraction of sp³-hybridized carbons (Fsp3) is 0.714. The average Bonchev–Trinajstić information content (AvgIpc) is 2.37. The Hall–Kier alpha value is -0.700. The van der Waals surface area contributed by atoms with Crippen LogP contribution in [-0.4, -0.2) is 31.8 Å². The van der Waals surface area contributed by atoms with Crippen LogP contribution in [-0.2, 0) is 9.53 Å². The number of ether oxygens (including phenoxy) is 1. The van der Waals surface area contributed by atoms with Crippen LogP contribution in [0.5, 0.6) is 0 Å². The summed E-state index contributed by atoms with van der Waals surface area (Å²) in [6, 6.07) is 0. The van der Waals surface area contributed by atoms with Gasteiger partial charge in [0.1, 0.15) is 12.4 Å². The Kier molecular flexibility index (Phi) is 2.57. The molecule has 0 aromatic carbocycles. The molecule has 2 atom stereocenters. The molecule has 1 fully saturated rings. The first kappa shape index (κ1) is 7.41. The van der Waals surface area contributed by atoms with E-state index in [0.29, 0.717) is 0 Å². The number of hydrogen-bond donors (Lipinski definition) is 0. The van der Waals surface area contributed by atoms with E-state index in [1.807, 2.05) is 0 Å². The second-order valence-corrected chi connectivity index (χ2v) is 2.33. The molecular weight excluding hydrogens is 130 g/mol. The first-order chi connectivity index (χ1) is 4.86. The first-order valence-electron chi connectivity index (χ1n) is 3.40. The average molecular weight is 141 g/mol. The molecule has 1 saturated heterocycles. The lowest BCUT2D eigenvalue weighted by molar-refractivity contribution is -0.116. The Bertz CT molecular complexity index is 145. The van der Waals surface area contributed by atoms with E-state index in [1.54, 1.807) is 13.3 Å². The maximum absolute atomic E-state index is 10.2. The van der Waals surface area contributed by atoms with Crippen LogP contribution >= 0.6 is 0 Å². The quantitative estimate of drug-likeness (QED) is 0.413. The third kappa shape index (κ3) is 1.64. The highest BCUT2D eigenvalue weighted by Gasteiger charge is 2.22. The molecule has 1 rings (SSSR count). The lowest BCUT2D eigenvalue weighted by Crippen LogP contribution is -2.12. The maximum Gasteiger partial charge on any atom is 0.148 e. The fourth-order valence-electron chi connectivity index (χ4n) is 1.07. The van der Waals surface area contributed by atoms with Gasteiger partial charge in [-0.15, -0.1) is 0 Å². The first-order valence-corrected chi connectivity index (χ1v) is 3.40. The van der Waals surface area contributed by atoms with Crippen molar-refractivity contribution in [2.24, 2.45) is 4.99 Å². The summed E-state index contributed by atoms with van der Waals surface area (Å²) in [5, 5.41) is 0. The van der Waals surface area contributed by atoms with Gasteiger partial charge in [0.25, 0.3) is 0 Å². The summed E-state index contributed by atoms with van der Waals surface area (Å²) < 4.78 is 5.23. The molecule has 10 heavy (non-hydrogen) atoms. The van der Waals surface area contributed by atoms with Crippen molar-refractivity contribution in [3.8, 4) is 0 Å². The van der Waals surface area contributed by atoms with E-state index in [1.165, 1.54) is 0 Å². The minimum atomic E-state index is -0.192. The molecule has 0 aromatic rings. The molecule has 0 radical (unpaired) electrons. The van der Waals surface area contributed by atoms with Crippen LogP contribution in [0.15, 0.2) is 4.99 Å². The van der Waals surface area contributed by atoms with E-state index in [9.17, 15) is 4.79 Å². The van der Waals surface area contributed by atoms with E-state index in [4.69, 9.17) is 4.74 Å². The third-order valence-corrected chi connectivity index (χ3v) is 1.55. The minimum Gasteiger partial charge on any atom is -0.362 e. The molecule has 0 amide bonds. The van der Waals surface area contributed by atoms with Crippen molar-refractivity contribution >= 4 is 12.5 Å². The van der Waals surface area contributed by atoms with Gasteiger partial charge in [0.2, 0.25) is 0 Å². The van der Waals surface area contributed by atoms with E-state index in [-0.39, 0.29) is 12.2 Å². The highest BCUT2D eigenvalue weighted by atomic mass is 16.5. The molecule has 0 aliphatic carbocycles. The molecule has 3 nitrogen and oxygen atoms in total. The van der Waals surface area contributed by atoms with Gasteiger partial charge in [-0.1, -0.05) is 0 Å². The molecular formula is C7H11NO2. The van der Waals surface area contributed by atoms with E-state index in [0.717, 1.165) is 19.1 Å². The van der Waals surface area contributed by atoms with Gasteiger partial charge in [0.05, 0.1) is 6.10 Å². The van der Waals surface area contributed by atoms with Crippen LogP contribution in [0.25, 0.3) is 0 Å². The number of aliphatic imine (C=N–C) groups is 1. The molecule has 56 valence electrons. The molecule has 0 N–H and O–H groups in total. The lowest BCUT2D eigenvalue weighted by atomic mass is 10.2. The summed E-state index contributed by atoms with van der Waals surface area (Å²) >= 11 is 0. The van der Waals surface area contributed by atoms with Gasteiger partial charge in [-0.2, -0.15) is 0 Å². The zero-order chi connectivity index (χ0) is 7.40. The number of nitrogens with zero attached hydrogens (tertiary/aromatic N) is 1.